The lowest BCUT2D eigenvalue weighted by molar-refractivity contribution is 0.100. The van der Waals surface area contributed by atoms with E-state index in [0.717, 1.165) is 17.8 Å². The van der Waals surface area contributed by atoms with Crippen LogP contribution in [0.25, 0.3) is 6.08 Å². The smallest absolute Gasteiger partial charge is 0.195 e. The minimum atomic E-state index is -0.00421. The molecule has 3 nitrogen and oxygen atoms in total. The normalized spacial score (nSPS) is 20.0. The van der Waals surface area contributed by atoms with E-state index in [-0.39, 0.29) is 7.21 Å². The van der Waals surface area contributed by atoms with Crippen molar-refractivity contribution in [3.8, 4) is 0 Å². The Morgan fingerprint density at radius 1 is 1.77 bits per heavy atom. The zero-order valence-electron chi connectivity index (χ0n) is 7.79. The Hall–Kier alpha value is -1.38. The van der Waals surface area contributed by atoms with Gasteiger partial charge in [0.05, 0.1) is 5.69 Å². The second-order valence-corrected chi connectivity index (χ2v) is 3.55. The lowest BCUT2D eigenvalue weighted by atomic mass is 9.99. The Morgan fingerprint density at radius 3 is 3.23 bits per heavy atom. The van der Waals surface area contributed by atoms with Crippen LogP contribution in [0.1, 0.15) is 37.3 Å². The quantitative estimate of drug-likeness (QED) is 0.669. The highest BCUT2D eigenvalue weighted by molar-refractivity contribution is 5.90. The third-order valence-corrected chi connectivity index (χ3v) is 2.25. The topological polar surface area (TPSA) is 45.8 Å². The molecule has 1 aliphatic carbocycles. The van der Waals surface area contributed by atoms with Crippen LogP contribution >= 0.6 is 0 Å². The average Bonchev–Trinajstić information content (AvgIpc) is 2.46. The highest BCUT2D eigenvalue weighted by Gasteiger charge is 2.15. The van der Waals surface area contributed by atoms with Gasteiger partial charge >= 0.3 is 0 Å². The summed E-state index contributed by atoms with van der Waals surface area (Å²) >= 11 is 0. The van der Waals surface area contributed by atoms with Crippen LogP contribution in [0.5, 0.6) is 0 Å². The number of H-pyrrole nitrogens is 1. The number of imidazole rings is 1. The maximum Gasteiger partial charge on any atom is 0.195 e. The lowest BCUT2D eigenvalue weighted by Gasteiger charge is -2.09. The summed E-state index contributed by atoms with van der Waals surface area (Å²) in [7, 11) is 0. The molecule has 0 fully saturated rings. The third kappa shape index (κ3) is 1.41. The van der Waals surface area contributed by atoms with E-state index in [1.54, 1.807) is 0 Å². The van der Waals surface area contributed by atoms with E-state index in [0.29, 0.717) is 11.7 Å². The van der Waals surface area contributed by atoms with Crippen LogP contribution in [-0.2, 0) is 6.42 Å². The monoisotopic (exact) mass is 178 g/mol. The van der Waals surface area contributed by atoms with Gasteiger partial charge in [-0.05, 0) is 18.4 Å². The lowest BCUT2D eigenvalue weighted by Crippen LogP contribution is -2.02. The number of hydrogen-bond acceptors (Lipinski definition) is 2. The Balaban J connectivity index is 0.000000980. The predicted molar refractivity (Wildman–Crippen MR) is 52.6 cm³/mol. The maximum atomic E-state index is 11.0. The van der Waals surface area contributed by atoms with Crippen molar-refractivity contribution in [1.29, 1.82) is 0 Å². The summed E-state index contributed by atoms with van der Waals surface area (Å²) in [6, 6.07) is 0. The summed E-state index contributed by atoms with van der Waals surface area (Å²) in [6.07, 6.45) is 5.05. The fourth-order valence-corrected chi connectivity index (χ4v) is 1.53. The summed E-state index contributed by atoms with van der Waals surface area (Å²) in [5, 5.41) is 0. The average molecular weight is 178 g/mol. The molecular formula is C10H14N2O. The molecule has 1 atom stereocenters. The first kappa shape index (κ1) is 8.23. The van der Waals surface area contributed by atoms with Crippen molar-refractivity contribution in [2.45, 2.75) is 20.3 Å². The van der Waals surface area contributed by atoms with Crippen LogP contribution in [0.2, 0.25) is 0 Å². The summed E-state index contributed by atoms with van der Waals surface area (Å²) in [5.74, 6) is 1.01. The molecule has 70 valence electrons. The number of aromatic amines is 1. The van der Waals surface area contributed by atoms with E-state index in [2.05, 4.69) is 23.0 Å². The van der Waals surface area contributed by atoms with Crippen molar-refractivity contribution < 1.29 is 6.22 Å². The van der Waals surface area contributed by atoms with Gasteiger partial charge < -0.3 is 4.98 Å². The van der Waals surface area contributed by atoms with Gasteiger partial charge in [0.2, 0.25) is 0 Å². The zero-order valence-corrected chi connectivity index (χ0v) is 7.79. The largest absolute Gasteiger partial charge is 0.339 e. The highest BCUT2D eigenvalue weighted by Crippen LogP contribution is 2.20. The molecule has 0 amide bonds. The van der Waals surface area contributed by atoms with E-state index in [9.17, 15) is 4.79 Å². The minimum absolute atomic E-state index is 0. The number of nitrogens with zero attached hydrogens (tertiary/aromatic N) is 1. The molecule has 13 heavy (non-hydrogen) atoms. The molecule has 1 aliphatic rings. The Labute approximate surface area is 78.4 Å². The fraction of sp³-hybridized carbons (Fsp3) is 0.400. The van der Waals surface area contributed by atoms with Crippen molar-refractivity contribution in [1.82, 2.24) is 9.97 Å². The fourth-order valence-electron chi connectivity index (χ4n) is 1.53. The minimum Gasteiger partial charge on any atom is -0.339 e. The van der Waals surface area contributed by atoms with Crippen LogP contribution in [0.3, 0.4) is 0 Å². The molecule has 1 unspecified atom stereocenters. The first-order valence-corrected chi connectivity index (χ1v) is 4.45. The summed E-state index contributed by atoms with van der Waals surface area (Å²) in [5.41, 5.74) is 2.00. The van der Waals surface area contributed by atoms with Gasteiger partial charge in [-0.25, -0.2) is 4.98 Å². The van der Waals surface area contributed by atoms with Crippen LogP contribution in [0.15, 0.2) is 6.08 Å². The number of ketones is 1. The number of nitrogens with one attached hydrogen (secondary N) is 1. The molecule has 0 saturated heterocycles. The molecule has 0 radical (unpaired) electrons. The second-order valence-electron chi connectivity index (χ2n) is 3.55. The van der Waals surface area contributed by atoms with Crippen molar-refractivity contribution in [2.75, 3.05) is 0 Å². The van der Waals surface area contributed by atoms with Gasteiger partial charge in [0, 0.05) is 14.0 Å². The van der Waals surface area contributed by atoms with Gasteiger partial charge in [0.25, 0.3) is 0 Å². The van der Waals surface area contributed by atoms with Gasteiger partial charge in [0.15, 0.2) is 11.6 Å². The number of allylic oxidation sites excluding steroid dienone is 1. The molecule has 0 bridgehead atoms. The molecule has 1 aromatic heterocycles. The number of rotatable bonds is 1. The number of carbonyl (C=O) groups excluding carboxylic acids is 1. The van der Waals surface area contributed by atoms with Crippen molar-refractivity contribution in [2.24, 2.45) is 5.92 Å². The molecule has 0 saturated carbocycles. The predicted octanol–water partition coefficient (Wildman–Crippen LogP) is 2.06. The molecule has 1 heterocycles. The summed E-state index contributed by atoms with van der Waals surface area (Å²) in [4.78, 5) is 18.3. The van der Waals surface area contributed by atoms with E-state index in [1.165, 1.54) is 6.92 Å². The van der Waals surface area contributed by atoms with Gasteiger partial charge in [-0.3, -0.25) is 4.79 Å². The van der Waals surface area contributed by atoms with E-state index >= 15 is 0 Å². The molecular weight excluding hydrogens is 164 g/mol. The number of Topliss-reactive ketones (excluding diaryl/α,β-unsaturated/α-hetero) is 1. The Bertz CT molecular complexity index is 381. The molecule has 1 aromatic rings. The van der Waals surface area contributed by atoms with E-state index in [4.69, 9.17) is 0 Å². The van der Waals surface area contributed by atoms with Crippen LogP contribution in [0, 0.1) is 5.92 Å². The van der Waals surface area contributed by atoms with Crippen LogP contribution in [-0.4, -0.2) is 15.8 Å². The van der Waals surface area contributed by atoms with Gasteiger partial charge in [-0.15, -0.1) is 0 Å². The molecule has 3 heteroatoms. The standard InChI is InChI=1S/C10H12N2O.H2/c1-6-3-4-8-9(5-6)12-10(11-8)7(2)13;/h3-4,6H,5H2,1-2H3,(H,11,12);1H. The number of fused-ring (bicyclic) bond motifs is 1. The number of aromatic nitrogens is 2. The molecule has 0 aromatic carbocycles. The first-order chi connectivity index (χ1) is 6.16. The van der Waals surface area contributed by atoms with E-state index < -0.39 is 0 Å². The number of hydrogen-bond donors (Lipinski definition) is 1. The number of carbonyl (C=O) groups is 1. The SMILES string of the molecule is CC(=O)c1nc2c([nH]1)CC(C)C=C2.[HH]. The third-order valence-electron chi connectivity index (χ3n) is 2.25. The summed E-state index contributed by atoms with van der Waals surface area (Å²) in [6.45, 7) is 3.67. The Morgan fingerprint density at radius 2 is 2.54 bits per heavy atom. The maximum absolute atomic E-state index is 11.0. The first-order valence-electron chi connectivity index (χ1n) is 4.45. The highest BCUT2D eigenvalue weighted by atomic mass is 16.1. The molecule has 0 spiro atoms. The van der Waals surface area contributed by atoms with Crippen LogP contribution < -0.4 is 0 Å². The summed E-state index contributed by atoms with van der Waals surface area (Å²) < 4.78 is 0. The molecule has 1 N–H and O–H groups in total. The van der Waals surface area contributed by atoms with Gasteiger partial charge in [0.1, 0.15) is 0 Å². The van der Waals surface area contributed by atoms with E-state index in [1.807, 2.05) is 6.08 Å². The van der Waals surface area contributed by atoms with Gasteiger partial charge in [-0.1, -0.05) is 13.0 Å². The van der Waals surface area contributed by atoms with Crippen molar-refractivity contribution >= 4 is 11.9 Å². The van der Waals surface area contributed by atoms with Crippen molar-refractivity contribution in [3.63, 3.8) is 0 Å². The molecule has 2 rings (SSSR count). The second kappa shape index (κ2) is 2.83. The van der Waals surface area contributed by atoms with Gasteiger partial charge in [-0.2, -0.15) is 0 Å². The zero-order chi connectivity index (χ0) is 9.42. The van der Waals surface area contributed by atoms with Crippen molar-refractivity contribution in [3.05, 3.63) is 23.3 Å². The van der Waals surface area contributed by atoms with Crippen LogP contribution in [0.4, 0.5) is 0 Å². The Kier molecular flexibility index (Phi) is 1.79. The molecule has 0 aliphatic heterocycles.